The lowest BCUT2D eigenvalue weighted by Gasteiger charge is -2.23. The van der Waals surface area contributed by atoms with E-state index in [0.717, 1.165) is 22.7 Å². The number of rotatable bonds is 9. The van der Waals surface area contributed by atoms with Gasteiger partial charge in [0, 0.05) is 25.5 Å². The van der Waals surface area contributed by atoms with Crippen LogP contribution >= 0.6 is 0 Å². The first-order chi connectivity index (χ1) is 14.4. The van der Waals surface area contributed by atoms with E-state index in [2.05, 4.69) is 28.9 Å². The highest BCUT2D eigenvalue weighted by Crippen LogP contribution is 2.16. The Balaban J connectivity index is 1.73. The number of aromatic nitrogens is 4. The fourth-order valence-corrected chi connectivity index (χ4v) is 3.05. The normalized spacial score (nSPS) is 11.0. The molecule has 30 heavy (non-hydrogen) atoms. The SMILES string of the molecule is Cc1nc(C)n(CC(=O)N(Cc2ccncc2)Cc2ccc(OCC(C)C)cc2)n1. The number of benzene rings is 1. The highest BCUT2D eigenvalue weighted by Gasteiger charge is 2.17. The third-order valence-corrected chi connectivity index (χ3v) is 4.60. The molecule has 0 N–H and O–H groups in total. The molecule has 0 bridgehead atoms. The Morgan fingerprint density at radius 3 is 2.23 bits per heavy atom. The smallest absolute Gasteiger partial charge is 0.244 e. The Morgan fingerprint density at radius 2 is 1.67 bits per heavy atom. The third kappa shape index (κ3) is 6.14. The highest BCUT2D eigenvalue weighted by atomic mass is 16.5. The molecule has 2 aromatic heterocycles. The van der Waals surface area contributed by atoms with Crippen molar-refractivity contribution in [3.8, 4) is 5.75 Å². The van der Waals surface area contributed by atoms with Gasteiger partial charge in [-0.3, -0.25) is 9.78 Å². The van der Waals surface area contributed by atoms with E-state index >= 15 is 0 Å². The lowest BCUT2D eigenvalue weighted by Crippen LogP contribution is -2.33. The molecule has 158 valence electrons. The van der Waals surface area contributed by atoms with E-state index in [-0.39, 0.29) is 12.5 Å². The zero-order chi connectivity index (χ0) is 21.5. The zero-order valence-electron chi connectivity index (χ0n) is 18.1. The van der Waals surface area contributed by atoms with Crippen LogP contribution in [0.2, 0.25) is 0 Å². The van der Waals surface area contributed by atoms with Crippen LogP contribution in [0.4, 0.5) is 0 Å². The second-order valence-corrected chi connectivity index (χ2v) is 7.82. The van der Waals surface area contributed by atoms with Gasteiger partial charge in [0.25, 0.3) is 0 Å². The fraction of sp³-hybridized carbons (Fsp3) is 0.391. The fourth-order valence-electron chi connectivity index (χ4n) is 3.05. The topological polar surface area (TPSA) is 73.1 Å². The summed E-state index contributed by atoms with van der Waals surface area (Å²) in [5, 5.41) is 4.32. The van der Waals surface area contributed by atoms with E-state index in [1.54, 1.807) is 17.1 Å². The molecule has 0 aliphatic carbocycles. The van der Waals surface area contributed by atoms with Crippen LogP contribution in [0.25, 0.3) is 0 Å². The van der Waals surface area contributed by atoms with Crippen molar-refractivity contribution in [2.24, 2.45) is 5.92 Å². The summed E-state index contributed by atoms with van der Waals surface area (Å²) < 4.78 is 7.41. The molecule has 3 aromatic rings. The molecule has 0 unspecified atom stereocenters. The van der Waals surface area contributed by atoms with Gasteiger partial charge in [0.05, 0.1) is 6.61 Å². The lowest BCUT2D eigenvalue weighted by atomic mass is 10.1. The van der Waals surface area contributed by atoms with Gasteiger partial charge in [-0.2, -0.15) is 5.10 Å². The van der Waals surface area contributed by atoms with E-state index in [9.17, 15) is 4.79 Å². The number of aryl methyl sites for hydroxylation is 2. The Morgan fingerprint density at radius 1 is 1.03 bits per heavy atom. The number of hydrogen-bond acceptors (Lipinski definition) is 5. The highest BCUT2D eigenvalue weighted by molar-refractivity contribution is 5.76. The molecule has 0 saturated heterocycles. The minimum Gasteiger partial charge on any atom is -0.493 e. The van der Waals surface area contributed by atoms with Crippen LogP contribution in [-0.2, 0) is 24.4 Å². The molecule has 7 nitrogen and oxygen atoms in total. The van der Waals surface area contributed by atoms with E-state index in [0.29, 0.717) is 31.4 Å². The van der Waals surface area contributed by atoms with E-state index in [1.165, 1.54) is 0 Å². The van der Waals surface area contributed by atoms with Crippen molar-refractivity contribution < 1.29 is 9.53 Å². The van der Waals surface area contributed by atoms with Crippen LogP contribution in [0, 0.1) is 19.8 Å². The molecule has 0 fully saturated rings. The van der Waals surface area contributed by atoms with Gasteiger partial charge in [0.2, 0.25) is 5.91 Å². The maximum atomic E-state index is 13.1. The monoisotopic (exact) mass is 407 g/mol. The zero-order valence-corrected chi connectivity index (χ0v) is 18.1. The first-order valence-electron chi connectivity index (χ1n) is 10.2. The summed E-state index contributed by atoms with van der Waals surface area (Å²) in [6.07, 6.45) is 3.48. The van der Waals surface area contributed by atoms with E-state index in [1.807, 2.05) is 55.1 Å². The van der Waals surface area contributed by atoms with E-state index in [4.69, 9.17) is 4.74 Å². The predicted molar refractivity (Wildman–Crippen MR) is 115 cm³/mol. The molecule has 1 amide bonds. The number of pyridine rings is 1. The van der Waals surface area contributed by atoms with Gasteiger partial charge in [-0.25, -0.2) is 9.67 Å². The number of nitrogens with zero attached hydrogens (tertiary/aromatic N) is 5. The minimum absolute atomic E-state index is 0.0139. The van der Waals surface area contributed by atoms with Crippen LogP contribution in [0.3, 0.4) is 0 Å². The molecule has 3 rings (SSSR count). The summed E-state index contributed by atoms with van der Waals surface area (Å²) in [5.74, 6) is 2.70. The van der Waals surface area contributed by atoms with Crippen molar-refractivity contribution in [3.05, 3.63) is 71.6 Å². The summed E-state index contributed by atoms with van der Waals surface area (Å²) in [5.41, 5.74) is 2.07. The van der Waals surface area contributed by atoms with Gasteiger partial charge < -0.3 is 9.64 Å². The first-order valence-corrected chi connectivity index (χ1v) is 10.2. The number of hydrogen-bond donors (Lipinski definition) is 0. The van der Waals surface area contributed by atoms with Gasteiger partial charge in [0.1, 0.15) is 23.9 Å². The first kappa shape index (κ1) is 21.5. The standard InChI is InChI=1S/C23H29N5O2/c1-17(2)16-30-22-7-5-20(6-8-22)13-27(14-21-9-11-24-12-10-21)23(29)15-28-19(4)25-18(3)26-28/h5-12,17H,13-16H2,1-4H3. The molecule has 2 heterocycles. The van der Waals surface area contributed by atoms with Crippen molar-refractivity contribution >= 4 is 5.91 Å². The number of carbonyl (C=O) groups excluding carboxylic acids is 1. The van der Waals surface area contributed by atoms with Crippen molar-refractivity contribution in [2.75, 3.05) is 6.61 Å². The van der Waals surface area contributed by atoms with Gasteiger partial charge in [0.15, 0.2) is 0 Å². The predicted octanol–water partition coefficient (Wildman–Crippen LogP) is 3.55. The van der Waals surface area contributed by atoms with Crippen LogP contribution in [0.15, 0.2) is 48.8 Å². The molecule has 7 heteroatoms. The summed E-state index contributed by atoms with van der Waals surface area (Å²) in [6.45, 7) is 9.76. The average molecular weight is 408 g/mol. The van der Waals surface area contributed by atoms with Gasteiger partial charge in [-0.05, 0) is 55.2 Å². The largest absolute Gasteiger partial charge is 0.493 e. The van der Waals surface area contributed by atoms with E-state index < -0.39 is 0 Å². The van der Waals surface area contributed by atoms with Crippen molar-refractivity contribution in [1.29, 1.82) is 0 Å². The molecule has 0 saturated carbocycles. The summed E-state index contributed by atoms with van der Waals surface area (Å²) in [4.78, 5) is 23.3. The molecule has 0 aliphatic heterocycles. The summed E-state index contributed by atoms with van der Waals surface area (Å²) in [7, 11) is 0. The second kappa shape index (κ2) is 10.0. The Labute approximate surface area is 177 Å². The Hall–Kier alpha value is -3.22. The number of ether oxygens (including phenoxy) is 1. The molecule has 0 radical (unpaired) electrons. The number of amides is 1. The van der Waals surface area contributed by atoms with Crippen molar-refractivity contribution in [2.45, 2.75) is 47.3 Å². The van der Waals surface area contributed by atoms with Crippen LogP contribution in [0.1, 0.15) is 36.6 Å². The van der Waals surface area contributed by atoms with Gasteiger partial charge in [-0.1, -0.05) is 26.0 Å². The van der Waals surface area contributed by atoms with Crippen LogP contribution in [-0.4, -0.2) is 37.2 Å². The molecule has 0 atom stereocenters. The lowest BCUT2D eigenvalue weighted by molar-refractivity contribution is -0.133. The molecular formula is C23H29N5O2. The minimum atomic E-state index is -0.0139. The maximum Gasteiger partial charge on any atom is 0.244 e. The third-order valence-electron chi connectivity index (χ3n) is 4.60. The molecular weight excluding hydrogens is 378 g/mol. The Bertz CT molecular complexity index is 951. The molecule has 0 spiro atoms. The summed E-state index contributed by atoms with van der Waals surface area (Å²) >= 11 is 0. The molecule has 1 aromatic carbocycles. The van der Waals surface area contributed by atoms with Crippen molar-refractivity contribution in [1.82, 2.24) is 24.6 Å². The van der Waals surface area contributed by atoms with Gasteiger partial charge >= 0.3 is 0 Å². The second-order valence-electron chi connectivity index (χ2n) is 7.82. The summed E-state index contributed by atoms with van der Waals surface area (Å²) in [6, 6.07) is 11.8. The Kier molecular flexibility index (Phi) is 7.17. The quantitative estimate of drug-likeness (QED) is 0.542. The van der Waals surface area contributed by atoms with Crippen molar-refractivity contribution in [3.63, 3.8) is 0 Å². The maximum absolute atomic E-state index is 13.1. The average Bonchev–Trinajstić information content (AvgIpc) is 3.04. The van der Waals surface area contributed by atoms with Crippen LogP contribution in [0.5, 0.6) is 5.75 Å². The van der Waals surface area contributed by atoms with Gasteiger partial charge in [-0.15, -0.1) is 0 Å². The number of carbonyl (C=O) groups is 1. The molecule has 0 aliphatic rings. The van der Waals surface area contributed by atoms with Crippen LogP contribution < -0.4 is 4.74 Å².